The van der Waals surface area contributed by atoms with Gasteiger partial charge in [-0.25, -0.2) is 4.85 Å². The van der Waals surface area contributed by atoms with Gasteiger partial charge in [0.25, 0.3) is 0 Å². The predicted molar refractivity (Wildman–Crippen MR) is 97.4 cm³/mol. The summed E-state index contributed by atoms with van der Waals surface area (Å²) in [6, 6.07) is 0. The van der Waals surface area contributed by atoms with Gasteiger partial charge in [0.1, 0.15) is 5.78 Å². The van der Waals surface area contributed by atoms with E-state index in [4.69, 9.17) is 6.57 Å². The number of aliphatic hydroxyl groups is 1. The summed E-state index contributed by atoms with van der Waals surface area (Å²) in [5.41, 5.74) is 0.655. The van der Waals surface area contributed by atoms with Gasteiger partial charge in [-0.05, 0) is 80.5 Å². The van der Waals surface area contributed by atoms with Gasteiger partial charge in [0.2, 0.25) is 0 Å². The van der Waals surface area contributed by atoms with E-state index < -0.39 is 5.60 Å². The molecule has 4 aliphatic carbocycles. The lowest BCUT2D eigenvalue weighted by molar-refractivity contribution is -0.163. The molecular formula is C22H31NO2. The van der Waals surface area contributed by atoms with Crippen LogP contribution < -0.4 is 0 Å². The molecular weight excluding hydrogens is 310 g/mol. The van der Waals surface area contributed by atoms with Crippen molar-refractivity contribution in [1.82, 2.24) is 0 Å². The SMILES string of the molecule is [C-]#[N+]/C=C1/CC[C@H]2[C@@H]3CC[C@H]4C[C@](C)(O)CC[C@]4(C)[C@H]3C(=O)C[C@]12C. The largest absolute Gasteiger partial charge is 0.390 e. The molecule has 0 amide bonds. The topological polar surface area (TPSA) is 41.7 Å². The van der Waals surface area contributed by atoms with Crippen molar-refractivity contribution < 1.29 is 9.90 Å². The number of carbonyl (C=O) groups is 1. The van der Waals surface area contributed by atoms with E-state index in [9.17, 15) is 9.90 Å². The first-order valence-electron chi connectivity index (χ1n) is 10.0. The molecule has 3 heteroatoms. The summed E-state index contributed by atoms with van der Waals surface area (Å²) >= 11 is 0. The molecule has 0 bridgehead atoms. The number of nitrogens with zero attached hydrogens (tertiary/aromatic N) is 1. The van der Waals surface area contributed by atoms with Gasteiger partial charge in [-0.3, -0.25) is 4.79 Å². The third-order valence-corrected chi connectivity index (χ3v) is 8.71. The van der Waals surface area contributed by atoms with Gasteiger partial charge < -0.3 is 5.11 Å². The highest BCUT2D eigenvalue weighted by atomic mass is 16.3. The van der Waals surface area contributed by atoms with Gasteiger partial charge >= 0.3 is 0 Å². The monoisotopic (exact) mass is 341 g/mol. The van der Waals surface area contributed by atoms with Crippen LogP contribution in [0.1, 0.15) is 72.1 Å². The van der Waals surface area contributed by atoms with Crippen LogP contribution in [0.2, 0.25) is 0 Å². The number of rotatable bonds is 0. The van der Waals surface area contributed by atoms with Crippen molar-refractivity contribution in [3.8, 4) is 0 Å². The fourth-order valence-corrected chi connectivity index (χ4v) is 7.39. The zero-order valence-corrected chi connectivity index (χ0v) is 15.8. The molecule has 7 atom stereocenters. The Morgan fingerprint density at radius 3 is 2.68 bits per heavy atom. The third-order valence-electron chi connectivity index (χ3n) is 8.71. The highest BCUT2D eigenvalue weighted by Crippen LogP contribution is 2.66. The molecule has 0 aliphatic heterocycles. The highest BCUT2D eigenvalue weighted by molar-refractivity contribution is 5.85. The molecule has 0 saturated heterocycles. The van der Waals surface area contributed by atoms with Crippen LogP contribution >= 0.6 is 0 Å². The molecule has 4 aliphatic rings. The Hall–Kier alpha value is -1.14. The van der Waals surface area contributed by atoms with Gasteiger partial charge in [-0.2, -0.15) is 0 Å². The Morgan fingerprint density at radius 2 is 1.96 bits per heavy atom. The minimum Gasteiger partial charge on any atom is -0.390 e. The summed E-state index contributed by atoms with van der Waals surface area (Å²) in [5, 5.41) is 10.6. The van der Waals surface area contributed by atoms with Crippen LogP contribution in [0.5, 0.6) is 0 Å². The van der Waals surface area contributed by atoms with Crippen LogP contribution in [0.15, 0.2) is 11.8 Å². The van der Waals surface area contributed by atoms with Gasteiger partial charge in [0.05, 0.1) is 12.2 Å². The fourth-order valence-electron chi connectivity index (χ4n) is 7.39. The standard InChI is InChI=1S/C22H31NO2/c1-20(25)9-10-21(2)14(11-20)5-7-16-17-8-6-15(13-23-4)22(17,3)12-18(24)19(16)21/h13-14,16-17,19,25H,5-12H2,1-3H3/b15-13-/t14-,16-,17-,19+,20+,21-,22+/m0/s1. The molecule has 136 valence electrons. The van der Waals surface area contributed by atoms with Crippen molar-refractivity contribution in [1.29, 1.82) is 0 Å². The normalized spacial score (nSPS) is 53.7. The van der Waals surface area contributed by atoms with E-state index in [1.165, 1.54) is 5.57 Å². The van der Waals surface area contributed by atoms with Crippen molar-refractivity contribution in [2.24, 2.45) is 34.5 Å². The number of carbonyl (C=O) groups excluding carboxylic acids is 1. The third kappa shape index (κ3) is 2.36. The second-order valence-corrected chi connectivity index (χ2v) is 10.1. The second kappa shape index (κ2) is 5.43. The van der Waals surface area contributed by atoms with Crippen molar-refractivity contribution >= 4 is 5.78 Å². The van der Waals surface area contributed by atoms with Crippen LogP contribution in [0.25, 0.3) is 4.85 Å². The van der Waals surface area contributed by atoms with Crippen molar-refractivity contribution in [3.63, 3.8) is 0 Å². The molecule has 0 radical (unpaired) electrons. The van der Waals surface area contributed by atoms with E-state index in [-0.39, 0.29) is 16.7 Å². The maximum absolute atomic E-state index is 13.4. The Kier molecular flexibility index (Phi) is 3.75. The van der Waals surface area contributed by atoms with E-state index in [0.29, 0.717) is 30.0 Å². The lowest BCUT2D eigenvalue weighted by atomic mass is 9.44. The lowest BCUT2D eigenvalue weighted by Crippen LogP contribution is -2.58. The summed E-state index contributed by atoms with van der Waals surface area (Å²) in [7, 11) is 0. The van der Waals surface area contributed by atoms with E-state index in [1.54, 1.807) is 6.20 Å². The second-order valence-electron chi connectivity index (χ2n) is 10.1. The van der Waals surface area contributed by atoms with E-state index in [0.717, 1.165) is 44.9 Å². The van der Waals surface area contributed by atoms with Gasteiger partial charge in [0.15, 0.2) is 6.20 Å². The zero-order chi connectivity index (χ0) is 18.0. The van der Waals surface area contributed by atoms with Crippen LogP contribution in [-0.2, 0) is 4.79 Å². The molecule has 0 aromatic carbocycles. The average Bonchev–Trinajstić information content (AvgIpc) is 2.84. The van der Waals surface area contributed by atoms with Gasteiger partial charge in [-0.15, -0.1) is 0 Å². The summed E-state index contributed by atoms with van der Waals surface area (Å²) in [4.78, 5) is 16.9. The molecule has 0 aromatic heterocycles. The van der Waals surface area contributed by atoms with E-state index in [1.807, 2.05) is 6.92 Å². The minimum atomic E-state index is -0.553. The maximum Gasteiger partial charge on any atom is 0.154 e. The molecule has 0 aromatic rings. The number of hydrogen-bond acceptors (Lipinski definition) is 2. The minimum absolute atomic E-state index is 0.0653. The quantitative estimate of drug-likeness (QED) is 0.645. The van der Waals surface area contributed by atoms with Crippen LogP contribution in [0, 0.1) is 41.1 Å². The summed E-state index contributed by atoms with van der Waals surface area (Å²) in [5.74, 6) is 2.13. The van der Waals surface area contributed by atoms with Crippen LogP contribution in [0.3, 0.4) is 0 Å². The van der Waals surface area contributed by atoms with Crippen molar-refractivity contribution in [2.45, 2.75) is 77.7 Å². The van der Waals surface area contributed by atoms with E-state index in [2.05, 4.69) is 18.7 Å². The number of allylic oxidation sites excluding steroid dienone is 1. The number of Topliss-reactive ketones (excluding diaryl/α,β-unsaturated/α-hetero) is 1. The van der Waals surface area contributed by atoms with Crippen LogP contribution in [0.4, 0.5) is 0 Å². The van der Waals surface area contributed by atoms with E-state index >= 15 is 0 Å². The van der Waals surface area contributed by atoms with Crippen molar-refractivity contribution in [2.75, 3.05) is 0 Å². The zero-order valence-electron chi connectivity index (χ0n) is 15.8. The molecule has 0 heterocycles. The Balaban J connectivity index is 1.69. The fraction of sp³-hybridized carbons (Fsp3) is 0.818. The van der Waals surface area contributed by atoms with Crippen LogP contribution in [-0.4, -0.2) is 16.5 Å². The molecule has 4 saturated carbocycles. The number of ketones is 1. The Morgan fingerprint density at radius 1 is 1.20 bits per heavy atom. The van der Waals surface area contributed by atoms with Crippen molar-refractivity contribution in [3.05, 3.63) is 23.2 Å². The molecule has 3 nitrogen and oxygen atoms in total. The lowest BCUT2D eigenvalue weighted by Gasteiger charge is -2.60. The molecule has 0 unspecified atom stereocenters. The number of hydrogen-bond donors (Lipinski definition) is 1. The average molecular weight is 341 g/mol. The first-order valence-corrected chi connectivity index (χ1v) is 10.0. The first kappa shape index (κ1) is 17.3. The summed E-state index contributed by atoms with van der Waals surface area (Å²) < 4.78 is 0. The molecule has 4 rings (SSSR count). The maximum atomic E-state index is 13.4. The van der Waals surface area contributed by atoms with Gasteiger partial charge in [-0.1, -0.05) is 19.4 Å². The molecule has 1 N–H and O–H groups in total. The Bertz CT molecular complexity index is 672. The predicted octanol–water partition coefficient (Wildman–Crippen LogP) is 4.76. The molecule has 0 spiro atoms. The molecule has 4 fully saturated rings. The summed E-state index contributed by atoms with van der Waals surface area (Å²) in [6.45, 7) is 13.8. The Labute approximate surface area is 151 Å². The summed E-state index contributed by atoms with van der Waals surface area (Å²) in [6.07, 6.45) is 9.39. The molecule has 25 heavy (non-hydrogen) atoms. The smallest absolute Gasteiger partial charge is 0.154 e. The highest BCUT2D eigenvalue weighted by Gasteiger charge is 2.62. The first-order chi connectivity index (χ1) is 11.7. The number of fused-ring (bicyclic) bond motifs is 5. The van der Waals surface area contributed by atoms with Gasteiger partial charge in [0, 0.05) is 12.3 Å².